The van der Waals surface area contributed by atoms with Gasteiger partial charge in [0.2, 0.25) is 11.8 Å². The Labute approximate surface area is 228 Å². The molecule has 1 atom stereocenters. The summed E-state index contributed by atoms with van der Waals surface area (Å²) in [6, 6.07) is 24.4. The second-order valence-corrected chi connectivity index (χ2v) is 10.4. The number of carbonyl (C=O) groups is 2. The fourth-order valence-electron chi connectivity index (χ4n) is 3.81. The Kier molecular flexibility index (Phi) is 11.7. The SMILES string of the molecule is CCCCNC(=O)C(Cc1ccccc1)N(Cc1ccc(Cl)cc1Cl)C(=O)CSCc1ccccc1. The number of hydrogen-bond donors (Lipinski definition) is 1. The van der Waals surface area contributed by atoms with E-state index in [1.165, 1.54) is 11.8 Å². The molecule has 0 saturated heterocycles. The van der Waals surface area contributed by atoms with Gasteiger partial charge >= 0.3 is 0 Å². The number of hydrogen-bond acceptors (Lipinski definition) is 3. The van der Waals surface area contributed by atoms with E-state index < -0.39 is 6.04 Å². The molecule has 2 amide bonds. The van der Waals surface area contributed by atoms with E-state index in [0.717, 1.165) is 29.5 Å². The molecule has 0 aliphatic carbocycles. The molecule has 3 rings (SSSR count). The molecule has 4 nitrogen and oxygen atoms in total. The first-order chi connectivity index (χ1) is 17.5. The summed E-state index contributed by atoms with van der Waals surface area (Å²) in [5.41, 5.74) is 2.90. The highest BCUT2D eigenvalue weighted by Crippen LogP contribution is 2.25. The maximum atomic E-state index is 13.6. The average molecular weight is 544 g/mol. The van der Waals surface area contributed by atoms with Crippen LogP contribution in [0.5, 0.6) is 0 Å². The van der Waals surface area contributed by atoms with Crippen LogP contribution in [0.3, 0.4) is 0 Å². The molecule has 0 saturated carbocycles. The van der Waals surface area contributed by atoms with E-state index in [0.29, 0.717) is 28.8 Å². The van der Waals surface area contributed by atoms with Gasteiger partial charge in [0.15, 0.2) is 0 Å². The third-order valence-electron chi connectivity index (χ3n) is 5.79. The van der Waals surface area contributed by atoms with Gasteiger partial charge in [-0.05, 0) is 35.2 Å². The second kappa shape index (κ2) is 14.9. The summed E-state index contributed by atoms with van der Waals surface area (Å²) in [5.74, 6) is 0.717. The van der Waals surface area contributed by atoms with Crippen LogP contribution >= 0.6 is 35.0 Å². The average Bonchev–Trinajstić information content (AvgIpc) is 2.88. The Bertz CT molecular complexity index is 1110. The van der Waals surface area contributed by atoms with Crippen LogP contribution in [0.15, 0.2) is 78.9 Å². The topological polar surface area (TPSA) is 49.4 Å². The summed E-state index contributed by atoms with van der Waals surface area (Å²) >= 11 is 14.1. The van der Waals surface area contributed by atoms with Crippen molar-refractivity contribution in [3.8, 4) is 0 Å². The van der Waals surface area contributed by atoms with Crippen LogP contribution in [-0.2, 0) is 28.3 Å². The monoisotopic (exact) mass is 542 g/mol. The molecule has 190 valence electrons. The molecular weight excluding hydrogens is 511 g/mol. The van der Waals surface area contributed by atoms with Gasteiger partial charge in [-0.2, -0.15) is 0 Å². The highest BCUT2D eigenvalue weighted by atomic mass is 35.5. The zero-order valence-corrected chi connectivity index (χ0v) is 22.8. The molecule has 7 heteroatoms. The van der Waals surface area contributed by atoms with Crippen molar-refractivity contribution in [1.29, 1.82) is 0 Å². The molecule has 3 aromatic rings. The Balaban J connectivity index is 1.86. The molecule has 0 aliphatic heterocycles. The molecule has 36 heavy (non-hydrogen) atoms. The first kappa shape index (κ1) is 28.1. The number of rotatable bonds is 13. The Morgan fingerprint density at radius 1 is 0.944 bits per heavy atom. The molecule has 1 unspecified atom stereocenters. The number of unbranched alkanes of at least 4 members (excludes halogenated alkanes) is 1. The van der Waals surface area contributed by atoms with Crippen LogP contribution in [0, 0.1) is 0 Å². The van der Waals surface area contributed by atoms with Crippen LogP contribution < -0.4 is 5.32 Å². The van der Waals surface area contributed by atoms with Crippen molar-refractivity contribution in [3.05, 3.63) is 106 Å². The second-order valence-electron chi connectivity index (χ2n) is 8.59. The van der Waals surface area contributed by atoms with Crippen molar-refractivity contribution in [3.63, 3.8) is 0 Å². The van der Waals surface area contributed by atoms with Crippen molar-refractivity contribution in [2.45, 2.75) is 44.5 Å². The molecule has 0 spiro atoms. The van der Waals surface area contributed by atoms with Crippen molar-refractivity contribution in [2.75, 3.05) is 12.3 Å². The fraction of sp³-hybridized carbons (Fsp3) is 0.310. The van der Waals surface area contributed by atoms with Crippen LogP contribution in [0.2, 0.25) is 10.0 Å². The predicted octanol–water partition coefficient (Wildman–Crippen LogP) is 6.78. The van der Waals surface area contributed by atoms with Crippen LogP contribution in [0.4, 0.5) is 0 Å². The lowest BCUT2D eigenvalue weighted by molar-refractivity contribution is -0.139. The normalized spacial score (nSPS) is 11.6. The van der Waals surface area contributed by atoms with E-state index in [4.69, 9.17) is 23.2 Å². The van der Waals surface area contributed by atoms with E-state index >= 15 is 0 Å². The van der Waals surface area contributed by atoms with Crippen LogP contribution in [-0.4, -0.2) is 35.1 Å². The summed E-state index contributed by atoms with van der Waals surface area (Å²) in [5, 5.41) is 4.04. The number of nitrogens with one attached hydrogen (secondary N) is 1. The highest BCUT2D eigenvalue weighted by Gasteiger charge is 2.30. The van der Waals surface area contributed by atoms with Gasteiger partial charge in [0.1, 0.15) is 6.04 Å². The minimum Gasteiger partial charge on any atom is -0.354 e. The first-order valence-corrected chi connectivity index (χ1v) is 14.1. The number of halogens is 2. The molecule has 0 aromatic heterocycles. The predicted molar refractivity (Wildman–Crippen MR) is 151 cm³/mol. The molecule has 0 heterocycles. The number of amides is 2. The quantitative estimate of drug-likeness (QED) is 0.242. The van der Waals surface area contributed by atoms with Gasteiger partial charge in [-0.15, -0.1) is 11.8 Å². The minimum absolute atomic E-state index is 0.103. The van der Waals surface area contributed by atoms with Gasteiger partial charge in [0, 0.05) is 35.3 Å². The summed E-state index contributed by atoms with van der Waals surface area (Å²) in [7, 11) is 0. The molecule has 0 aliphatic rings. The molecule has 0 fully saturated rings. The van der Waals surface area contributed by atoms with E-state index in [1.54, 1.807) is 17.0 Å². The molecular formula is C29H32Cl2N2O2S. The van der Waals surface area contributed by atoms with Gasteiger partial charge in [0.25, 0.3) is 0 Å². The summed E-state index contributed by atoms with van der Waals surface area (Å²) in [6.45, 7) is 2.88. The van der Waals surface area contributed by atoms with Gasteiger partial charge in [-0.1, -0.05) is 103 Å². The van der Waals surface area contributed by atoms with E-state index in [2.05, 4.69) is 12.2 Å². The zero-order chi connectivity index (χ0) is 25.8. The molecule has 3 aromatic carbocycles. The van der Waals surface area contributed by atoms with Gasteiger partial charge in [-0.3, -0.25) is 9.59 Å². The third-order valence-corrected chi connectivity index (χ3v) is 7.37. The summed E-state index contributed by atoms with van der Waals surface area (Å²) < 4.78 is 0. The lowest BCUT2D eigenvalue weighted by Crippen LogP contribution is -2.51. The fourth-order valence-corrected chi connectivity index (χ4v) is 5.15. The summed E-state index contributed by atoms with van der Waals surface area (Å²) in [6.07, 6.45) is 2.27. The van der Waals surface area contributed by atoms with Crippen molar-refractivity contribution < 1.29 is 9.59 Å². The third kappa shape index (κ3) is 8.88. The lowest BCUT2D eigenvalue weighted by Gasteiger charge is -2.32. The molecule has 0 radical (unpaired) electrons. The van der Waals surface area contributed by atoms with Gasteiger partial charge < -0.3 is 10.2 Å². The Morgan fingerprint density at radius 3 is 2.25 bits per heavy atom. The number of thioether (sulfide) groups is 1. The van der Waals surface area contributed by atoms with E-state index in [1.807, 2.05) is 66.7 Å². The lowest BCUT2D eigenvalue weighted by atomic mass is 10.0. The Morgan fingerprint density at radius 2 is 1.61 bits per heavy atom. The molecule has 1 N–H and O–H groups in total. The van der Waals surface area contributed by atoms with Crippen molar-refractivity contribution in [2.24, 2.45) is 0 Å². The minimum atomic E-state index is -0.666. The zero-order valence-electron chi connectivity index (χ0n) is 20.5. The smallest absolute Gasteiger partial charge is 0.243 e. The van der Waals surface area contributed by atoms with Crippen LogP contribution in [0.25, 0.3) is 0 Å². The van der Waals surface area contributed by atoms with Gasteiger partial charge in [0.05, 0.1) is 5.75 Å². The standard InChI is InChI=1S/C29H32Cl2N2O2S/c1-2-3-16-32-29(35)27(17-22-10-6-4-7-11-22)33(19-24-14-15-25(30)18-26(24)31)28(34)21-36-20-23-12-8-5-9-13-23/h4-15,18,27H,2-3,16-17,19-21H2,1H3,(H,32,35). The number of nitrogens with zero attached hydrogens (tertiary/aromatic N) is 1. The van der Waals surface area contributed by atoms with Crippen molar-refractivity contribution in [1.82, 2.24) is 10.2 Å². The largest absolute Gasteiger partial charge is 0.354 e. The Hall–Kier alpha value is -2.47. The van der Waals surface area contributed by atoms with Crippen LogP contribution in [0.1, 0.15) is 36.5 Å². The maximum absolute atomic E-state index is 13.6. The maximum Gasteiger partial charge on any atom is 0.243 e. The highest BCUT2D eigenvalue weighted by molar-refractivity contribution is 7.99. The number of benzene rings is 3. The molecule has 0 bridgehead atoms. The van der Waals surface area contributed by atoms with Crippen molar-refractivity contribution >= 4 is 46.8 Å². The van der Waals surface area contributed by atoms with E-state index in [9.17, 15) is 9.59 Å². The number of carbonyl (C=O) groups excluding carboxylic acids is 2. The first-order valence-electron chi connectivity index (χ1n) is 12.1. The van der Waals surface area contributed by atoms with Gasteiger partial charge in [-0.25, -0.2) is 0 Å². The van der Waals surface area contributed by atoms with E-state index in [-0.39, 0.29) is 24.1 Å². The summed E-state index contributed by atoms with van der Waals surface area (Å²) in [4.78, 5) is 28.7.